The van der Waals surface area contributed by atoms with Gasteiger partial charge in [-0.1, -0.05) is 11.6 Å². The van der Waals surface area contributed by atoms with Crippen LogP contribution < -0.4 is 5.32 Å². The molecular weight excluding hydrogens is 462 g/mol. The Morgan fingerprint density at radius 2 is 1.85 bits per heavy atom. The number of benzene rings is 2. The molecule has 2 aliphatic rings. The highest BCUT2D eigenvalue weighted by molar-refractivity contribution is 7.91. The van der Waals surface area contributed by atoms with E-state index >= 15 is 0 Å². The summed E-state index contributed by atoms with van der Waals surface area (Å²) in [6.45, 7) is 1.44. The fraction of sp³-hybridized carbons (Fsp3) is 0.348. The monoisotopic (exact) mass is 485 g/mol. The highest BCUT2D eigenvalue weighted by atomic mass is 35.5. The second-order valence-corrected chi connectivity index (χ2v) is 11.3. The van der Waals surface area contributed by atoms with Gasteiger partial charge in [-0.2, -0.15) is 5.10 Å². The molecule has 2 fully saturated rings. The number of H-pyrrole nitrogens is 1. The van der Waals surface area contributed by atoms with Gasteiger partial charge in [0.2, 0.25) is 0 Å². The van der Waals surface area contributed by atoms with Crippen molar-refractivity contribution in [2.75, 3.05) is 29.9 Å². The molecule has 0 spiro atoms. The molecule has 0 unspecified atom stereocenters. The first-order valence-corrected chi connectivity index (χ1v) is 13.1. The average molecular weight is 486 g/mol. The van der Waals surface area contributed by atoms with E-state index in [0.29, 0.717) is 47.7 Å². The first-order valence-electron chi connectivity index (χ1n) is 10.9. The lowest BCUT2D eigenvalue weighted by molar-refractivity contribution is 0.102. The third-order valence-electron chi connectivity index (χ3n) is 6.01. The van der Waals surface area contributed by atoms with Gasteiger partial charge in [-0.3, -0.25) is 14.8 Å². The van der Waals surface area contributed by atoms with Crippen LogP contribution in [0.1, 0.15) is 40.5 Å². The number of anilines is 1. The van der Waals surface area contributed by atoms with E-state index in [9.17, 15) is 13.2 Å². The van der Waals surface area contributed by atoms with Gasteiger partial charge < -0.3 is 5.32 Å². The first kappa shape index (κ1) is 22.1. The summed E-state index contributed by atoms with van der Waals surface area (Å²) in [5.41, 5.74) is 2.84. The van der Waals surface area contributed by atoms with Crippen LogP contribution in [0.3, 0.4) is 0 Å². The average Bonchev–Trinajstić information content (AvgIpc) is 3.54. The van der Waals surface area contributed by atoms with E-state index in [0.717, 1.165) is 29.8 Å². The Morgan fingerprint density at radius 1 is 1.12 bits per heavy atom. The predicted molar refractivity (Wildman–Crippen MR) is 127 cm³/mol. The number of nitrogens with zero attached hydrogens (tertiary/aromatic N) is 3. The molecule has 5 rings (SSSR count). The molecule has 0 bridgehead atoms. The second kappa shape index (κ2) is 8.89. The normalized spacial score (nSPS) is 18.2. The Labute approximate surface area is 197 Å². The second-order valence-electron chi connectivity index (χ2n) is 8.58. The van der Waals surface area contributed by atoms with Gasteiger partial charge in [0, 0.05) is 47.4 Å². The van der Waals surface area contributed by atoms with E-state index in [1.807, 2.05) is 29.2 Å². The van der Waals surface area contributed by atoms with E-state index in [-0.39, 0.29) is 17.4 Å². The van der Waals surface area contributed by atoms with Crippen molar-refractivity contribution in [1.29, 1.82) is 0 Å². The van der Waals surface area contributed by atoms with Crippen LogP contribution in [0.4, 0.5) is 5.69 Å². The van der Waals surface area contributed by atoms with E-state index in [4.69, 9.17) is 11.6 Å². The Bertz CT molecular complexity index is 1270. The smallest absolute Gasteiger partial charge is 0.255 e. The first-order chi connectivity index (χ1) is 15.9. The zero-order valence-electron chi connectivity index (χ0n) is 17.9. The van der Waals surface area contributed by atoms with Crippen molar-refractivity contribution >= 4 is 33.0 Å². The van der Waals surface area contributed by atoms with Gasteiger partial charge in [0.25, 0.3) is 5.91 Å². The Morgan fingerprint density at radius 3 is 2.55 bits per heavy atom. The number of aromatic nitrogens is 3. The van der Waals surface area contributed by atoms with Gasteiger partial charge in [-0.15, -0.1) is 0 Å². The standard InChI is InChI=1S/C23H24ClN5O3S/c24-20-8-5-17(13-18(20)14-29-9-11-33(31,32)12-10-29)23(30)25-19-6-3-16(4-7-19)22-26-21(27-28-22)15-1-2-15/h3-8,13,15H,1-2,9-12,14H2,(H,25,30)(H,26,27,28). The molecule has 1 aliphatic carbocycles. The maximum Gasteiger partial charge on any atom is 0.255 e. The van der Waals surface area contributed by atoms with Crippen molar-refractivity contribution < 1.29 is 13.2 Å². The molecule has 2 N–H and O–H groups in total. The minimum atomic E-state index is -2.94. The minimum absolute atomic E-state index is 0.149. The van der Waals surface area contributed by atoms with Crippen LogP contribution in [-0.2, 0) is 16.4 Å². The number of rotatable bonds is 6. The van der Waals surface area contributed by atoms with Crippen LogP contribution in [0.25, 0.3) is 11.4 Å². The van der Waals surface area contributed by atoms with E-state index < -0.39 is 9.84 Å². The van der Waals surface area contributed by atoms with Crippen LogP contribution in [-0.4, -0.2) is 59.0 Å². The summed E-state index contributed by atoms with van der Waals surface area (Å²) >= 11 is 6.35. The number of aromatic amines is 1. The van der Waals surface area contributed by atoms with Crippen molar-refractivity contribution in [2.45, 2.75) is 25.3 Å². The summed E-state index contributed by atoms with van der Waals surface area (Å²) in [6, 6.07) is 12.6. The molecule has 1 saturated heterocycles. The molecule has 8 nitrogen and oxygen atoms in total. The lowest BCUT2D eigenvalue weighted by Gasteiger charge is -2.27. The van der Waals surface area contributed by atoms with E-state index in [2.05, 4.69) is 20.5 Å². The third kappa shape index (κ3) is 5.26. The van der Waals surface area contributed by atoms with Crippen LogP contribution >= 0.6 is 11.6 Å². The molecule has 33 heavy (non-hydrogen) atoms. The molecule has 0 atom stereocenters. The fourth-order valence-corrected chi connectivity index (χ4v) is 5.29. The highest BCUT2D eigenvalue weighted by Gasteiger charge is 2.27. The molecule has 0 radical (unpaired) electrons. The number of carbonyl (C=O) groups is 1. The van der Waals surface area contributed by atoms with Crippen LogP contribution in [0.15, 0.2) is 42.5 Å². The summed E-state index contributed by atoms with van der Waals surface area (Å²) in [7, 11) is -2.94. The molecule has 1 amide bonds. The lowest BCUT2D eigenvalue weighted by atomic mass is 10.1. The van der Waals surface area contributed by atoms with Gasteiger partial charge >= 0.3 is 0 Å². The van der Waals surface area contributed by atoms with Crippen LogP contribution in [0, 0.1) is 0 Å². The van der Waals surface area contributed by atoms with Crippen LogP contribution in [0.5, 0.6) is 0 Å². The number of hydrogen-bond donors (Lipinski definition) is 2. The summed E-state index contributed by atoms with van der Waals surface area (Å²) in [5.74, 6) is 2.16. The largest absolute Gasteiger partial charge is 0.322 e. The highest BCUT2D eigenvalue weighted by Crippen LogP contribution is 2.38. The summed E-state index contributed by atoms with van der Waals surface area (Å²) < 4.78 is 23.3. The van der Waals surface area contributed by atoms with Crippen molar-refractivity contribution in [2.24, 2.45) is 0 Å². The van der Waals surface area contributed by atoms with Crippen LogP contribution in [0.2, 0.25) is 5.02 Å². The van der Waals surface area contributed by atoms with E-state index in [1.165, 1.54) is 0 Å². The van der Waals surface area contributed by atoms with Crippen molar-refractivity contribution in [3.8, 4) is 11.4 Å². The van der Waals surface area contributed by atoms with Crippen molar-refractivity contribution in [3.63, 3.8) is 0 Å². The van der Waals surface area contributed by atoms with Crippen molar-refractivity contribution in [1.82, 2.24) is 20.1 Å². The molecule has 2 heterocycles. The molecule has 1 saturated carbocycles. The predicted octanol–water partition coefficient (Wildman–Crippen LogP) is 3.49. The fourth-order valence-electron chi connectivity index (χ4n) is 3.84. The topological polar surface area (TPSA) is 108 Å². The molecule has 172 valence electrons. The van der Waals surface area contributed by atoms with Gasteiger partial charge in [0.15, 0.2) is 15.7 Å². The molecule has 1 aliphatic heterocycles. The maximum absolute atomic E-state index is 12.8. The molecule has 1 aromatic heterocycles. The molecule has 2 aromatic carbocycles. The zero-order chi connectivity index (χ0) is 23.0. The minimum Gasteiger partial charge on any atom is -0.322 e. The lowest BCUT2D eigenvalue weighted by Crippen LogP contribution is -2.39. The summed E-state index contributed by atoms with van der Waals surface area (Å²) in [4.78, 5) is 19.4. The van der Waals surface area contributed by atoms with Crippen molar-refractivity contribution in [3.05, 3.63) is 64.4 Å². The Kier molecular flexibility index (Phi) is 5.94. The van der Waals surface area contributed by atoms with Gasteiger partial charge in [0.05, 0.1) is 11.5 Å². The SMILES string of the molecule is O=C(Nc1ccc(-c2n[nH]c(C3CC3)n2)cc1)c1ccc(Cl)c(CN2CCS(=O)(=O)CC2)c1. The zero-order valence-corrected chi connectivity index (χ0v) is 19.5. The molecule has 10 heteroatoms. The van der Waals surface area contributed by atoms with Gasteiger partial charge in [-0.05, 0) is 60.9 Å². The van der Waals surface area contributed by atoms with Gasteiger partial charge in [-0.25, -0.2) is 13.4 Å². The number of nitrogens with one attached hydrogen (secondary N) is 2. The number of carbonyl (C=O) groups excluding carboxylic acids is 1. The third-order valence-corrected chi connectivity index (χ3v) is 7.98. The Balaban J connectivity index is 1.24. The van der Waals surface area contributed by atoms with Gasteiger partial charge in [0.1, 0.15) is 5.82 Å². The maximum atomic E-state index is 12.8. The number of halogens is 1. The quantitative estimate of drug-likeness (QED) is 0.553. The number of sulfone groups is 1. The molecular formula is C23H24ClN5O3S. The Hall–Kier alpha value is -2.75. The summed E-state index contributed by atoms with van der Waals surface area (Å²) in [5, 5.41) is 10.8. The number of hydrogen-bond acceptors (Lipinski definition) is 6. The molecule has 3 aromatic rings. The number of amides is 1. The van der Waals surface area contributed by atoms with E-state index in [1.54, 1.807) is 18.2 Å². The summed E-state index contributed by atoms with van der Waals surface area (Å²) in [6.07, 6.45) is 2.32.